The van der Waals surface area contributed by atoms with Gasteiger partial charge in [0.25, 0.3) is 5.91 Å². The van der Waals surface area contributed by atoms with Crippen molar-refractivity contribution in [2.24, 2.45) is 0 Å². The number of nitrogens with zero attached hydrogens (tertiary/aromatic N) is 4. The molecule has 0 radical (unpaired) electrons. The van der Waals surface area contributed by atoms with Crippen molar-refractivity contribution in [2.45, 2.75) is 13.0 Å². The second-order valence-corrected chi connectivity index (χ2v) is 7.69. The summed E-state index contributed by atoms with van der Waals surface area (Å²) in [5.41, 5.74) is 3.88. The number of anilines is 2. The molecule has 2 aromatic heterocycles. The second kappa shape index (κ2) is 9.31. The summed E-state index contributed by atoms with van der Waals surface area (Å²) in [7, 11) is 0. The normalized spacial score (nSPS) is 16.2. The van der Waals surface area contributed by atoms with Gasteiger partial charge >= 0.3 is 0 Å². The zero-order chi connectivity index (χ0) is 21.8. The van der Waals surface area contributed by atoms with Crippen molar-refractivity contribution in [1.82, 2.24) is 20.1 Å². The minimum atomic E-state index is -0.855. The van der Waals surface area contributed by atoms with E-state index in [0.29, 0.717) is 30.0 Å². The van der Waals surface area contributed by atoms with Crippen LogP contribution in [0.5, 0.6) is 5.75 Å². The minimum Gasteiger partial charge on any atom is -0.481 e. The Balaban J connectivity index is 1.41. The van der Waals surface area contributed by atoms with Gasteiger partial charge < -0.3 is 19.7 Å². The molecule has 11 heteroatoms. The van der Waals surface area contributed by atoms with E-state index in [9.17, 15) is 13.6 Å². The highest BCUT2D eigenvalue weighted by Crippen LogP contribution is 2.26. The number of nitrogens with one attached hydrogen (secondary N) is 1. The van der Waals surface area contributed by atoms with E-state index < -0.39 is 17.7 Å². The van der Waals surface area contributed by atoms with Gasteiger partial charge in [-0.25, -0.2) is 8.78 Å². The Labute approximate surface area is 180 Å². The van der Waals surface area contributed by atoms with Crippen LogP contribution in [0.3, 0.4) is 0 Å². The van der Waals surface area contributed by atoms with Crippen LogP contribution in [0, 0.1) is 18.6 Å². The van der Waals surface area contributed by atoms with Gasteiger partial charge in [0.1, 0.15) is 17.4 Å². The number of halogens is 2. The smallest absolute Gasteiger partial charge is 0.260 e. The summed E-state index contributed by atoms with van der Waals surface area (Å²) in [5, 5.41) is 11.6. The van der Waals surface area contributed by atoms with Gasteiger partial charge in [0, 0.05) is 24.0 Å². The van der Waals surface area contributed by atoms with Crippen LogP contribution < -0.4 is 10.1 Å². The van der Waals surface area contributed by atoms with Gasteiger partial charge in [0.15, 0.2) is 18.2 Å². The molecule has 0 saturated carbocycles. The van der Waals surface area contributed by atoms with Crippen molar-refractivity contribution in [3.8, 4) is 5.75 Å². The van der Waals surface area contributed by atoms with E-state index in [0.717, 1.165) is 23.5 Å². The summed E-state index contributed by atoms with van der Waals surface area (Å²) < 4.78 is 37.8. The maximum Gasteiger partial charge on any atom is 0.260 e. The molecule has 4 rings (SSSR count). The number of aryl methyl sites for hydroxylation is 1. The lowest BCUT2D eigenvalue weighted by Gasteiger charge is -2.33. The number of aromatic nitrogens is 3. The molecule has 0 unspecified atom stereocenters. The van der Waals surface area contributed by atoms with E-state index >= 15 is 0 Å². The van der Waals surface area contributed by atoms with Gasteiger partial charge in [0.2, 0.25) is 5.13 Å². The number of amides is 1. The van der Waals surface area contributed by atoms with Crippen molar-refractivity contribution in [2.75, 3.05) is 31.6 Å². The van der Waals surface area contributed by atoms with Crippen molar-refractivity contribution in [1.29, 1.82) is 0 Å². The summed E-state index contributed by atoms with van der Waals surface area (Å²) in [6.07, 6.45) is -0.421. The van der Waals surface area contributed by atoms with Gasteiger partial charge in [-0.3, -0.25) is 9.78 Å². The summed E-state index contributed by atoms with van der Waals surface area (Å²) in [6, 6.07) is 6.66. The first-order chi connectivity index (χ1) is 15.0. The first-order valence-electron chi connectivity index (χ1n) is 9.47. The SMILES string of the molecule is Cc1cc(Nc2nncs2)cc([C@@H]2CN(C(=O)COc3ccc(F)cc3F)CCO2)n1. The number of benzene rings is 1. The monoisotopic (exact) mass is 447 g/mol. The Kier molecular flexibility index (Phi) is 6.33. The van der Waals surface area contributed by atoms with Crippen molar-refractivity contribution in [3.05, 3.63) is 58.9 Å². The van der Waals surface area contributed by atoms with Crippen LogP contribution in [0.25, 0.3) is 0 Å². The molecule has 1 N–H and O–H groups in total. The zero-order valence-corrected chi connectivity index (χ0v) is 17.4. The first-order valence-corrected chi connectivity index (χ1v) is 10.3. The maximum atomic E-state index is 13.7. The summed E-state index contributed by atoms with van der Waals surface area (Å²) >= 11 is 1.38. The van der Waals surface area contributed by atoms with E-state index in [1.165, 1.54) is 11.3 Å². The summed E-state index contributed by atoms with van der Waals surface area (Å²) in [5.74, 6) is -2.06. The van der Waals surface area contributed by atoms with E-state index in [-0.39, 0.29) is 24.8 Å². The fourth-order valence-corrected chi connectivity index (χ4v) is 3.63. The van der Waals surface area contributed by atoms with Gasteiger partial charge in [-0.15, -0.1) is 10.2 Å². The molecule has 1 aliphatic rings. The van der Waals surface area contributed by atoms with Crippen LogP contribution in [-0.4, -0.2) is 52.3 Å². The van der Waals surface area contributed by atoms with Crippen LogP contribution >= 0.6 is 11.3 Å². The number of hydrogen-bond donors (Lipinski definition) is 1. The number of carbonyl (C=O) groups excluding carboxylic acids is 1. The van der Waals surface area contributed by atoms with Crippen LogP contribution in [0.1, 0.15) is 17.5 Å². The van der Waals surface area contributed by atoms with E-state index in [2.05, 4.69) is 20.5 Å². The predicted molar refractivity (Wildman–Crippen MR) is 109 cm³/mol. The molecule has 8 nitrogen and oxygen atoms in total. The third-order valence-electron chi connectivity index (χ3n) is 4.58. The Hall–Kier alpha value is -3.18. The standard InChI is InChI=1S/C20H19F2N5O3S/c1-12-6-14(25-20-26-23-11-31-20)8-16(24-12)18-9-27(4-5-29-18)19(28)10-30-17-3-2-13(21)7-15(17)22/h2-3,6-8,11,18H,4-5,9-10H2,1H3,(H,24,25,26)/t18-/m0/s1. The Bertz CT molecular complexity index is 1070. The maximum absolute atomic E-state index is 13.7. The molecular formula is C20H19F2N5O3S. The molecule has 3 heterocycles. The Morgan fingerprint density at radius 3 is 3.00 bits per heavy atom. The van der Waals surface area contributed by atoms with Gasteiger partial charge in [0.05, 0.1) is 18.8 Å². The molecule has 0 spiro atoms. The number of pyridine rings is 1. The van der Waals surface area contributed by atoms with Crippen molar-refractivity contribution < 1.29 is 23.0 Å². The molecule has 1 atom stereocenters. The van der Waals surface area contributed by atoms with Gasteiger partial charge in [-0.1, -0.05) is 11.3 Å². The number of ether oxygens (including phenoxy) is 2. The third-order valence-corrected chi connectivity index (χ3v) is 5.19. The lowest BCUT2D eigenvalue weighted by Crippen LogP contribution is -2.44. The number of carbonyl (C=O) groups is 1. The lowest BCUT2D eigenvalue weighted by atomic mass is 10.1. The van der Waals surface area contributed by atoms with Crippen LogP contribution in [0.2, 0.25) is 0 Å². The van der Waals surface area contributed by atoms with Crippen molar-refractivity contribution >= 4 is 28.1 Å². The number of hydrogen-bond acceptors (Lipinski definition) is 8. The highest BCUT2D eigenvalue weighted by molar-refractivity contribution is 7.13. The third kappa shape index (κ3) is 5.30. The number of rotatable bonds is 6. The molecular weight excluding hydrogens is 428 g/mol. The first kappa shape index (κ1) is 21.1. The molecule has 1 aliphatic heterocycles. The van der Waals surface area contributed by atoms with Gasteiger partial charge in [-0.05, 0) is 31.2 Å². The summed E-state index contributed by atoms with van der Waals surface area (Å²) in [6.45, 7) is 2.50. The predicted octanol–water partition coefficient (Wildman–Crippen LogP) is 3.24. The minimum absolute atomic E-state index is 0.174. The second-order valence-electron chi connectivity index (χ2n) is 6.85. The molecule has 0 aliphatic carbocycles. The highest BCUT2D eigenvalue weighted by atomic mass is 32.1. The molecule has 1 saturated heterocycles. The molecule has 1 amide bonds. The quantitative estimate of drug-likeness (QED) is 0.621. The van der Waals surface area contributed by atoms with E-state index in [1.807, 2.05) is 19.1 Å². The largest absolute Gasteiger partial charge is 0.481 e. The highest BCUT2D eigenvalue weighted by Gasteiger charge is 2.27. The van der Waals surface area contributed by atoms with Crippen molar-refractivity contribution in [3.63, 3.8) is 0 Å². The molecule has 1 aromatic carbocycles. The molecule has 0 bridgehead atoms. The number of morpholine rings is 1. The fraction of sp³-hybridized carbons (Fsp3) is 0.300. The zero-order valence-electron chi connectivity index (χ0n) is 16.5. The molecule has 1 fully saturated rings. The summed E-state index contributed by atoms with van der Waals surface area (Å²) in [4.78, 5) is 18.7. The van der Waals surface area contributed by atoms with Crippen LogP contribution in [0.15, 0.2) is 35.8 Å². The van der Waals surface area contributed by atoms with E-state index in [1.54, 1.807) is 10.4 Å². The molecule has 162 valence electrons. The Morgan fingerprint density at radius 2 is 2.23 bits per heavy atom. The molecule has 3 aromatic rings. The van der Waals surface area contributed by atoms with E-state index in [4.69, 9.17) is 9.47 Å². The topological polar surface area (TPSA) is 89.5 Å². The van der Waals surface area contributed by atoms with Gasteiger partial charge in [-0.2, -0.15) is 0 Å². The average Bonchev–Trinajstić information content (AvgIpc) is 3.25. The Morgan fingerprint density at radius 1 is 1.35 bits per heavy atom. The molecule has 31 heavy (non-hydrogen) atoms. The lowest BCUT2D eigenvalue weighted by molar-refractivity contribution is -0.141. The van der Waals surface area contributed by atoms with Crippen LogP contribution in [-0.2, 0) is 9.53 Å². The fourth-order valence-electron chi connectivity index (χ4n) is 3.16. The average molecular weight is 447 g/mol. The van der Waals surface area contributed by atoms with Crippen LogP contribution in [0.4, 0.5) is 19.6 Å².